The fourth-order valence-electron chi connectivity index (χ4n) is 3.01. The predicted octanol–water partition coefficient (Wildman–Crippen LogP) is 1.43. The number of halogens is 1. The molecule has 0 spiro atoms. The van der Waals surface area contributed by atoms with Crippen LogP contribution >= 0.6 is 11.8 Å². The number of fused-ring (bicyclic) bond motifs is 1. The van der Waals surface area contributed by atoms with Crippen molar-refractivity contribution < 1.29 is 14.6 Å². The summed E-state index contributed by atoms with van der Waals surface area (Å²) in [6.45, 7) is 0.567. The SMILES string of the molecule is O[C@@H]1[C@H](O)CS[C@H]1c1nnc2c(NCCc3cccc(F)c3)nccn12. The number of rotatable bonds is 5. The summed E-state index contributed by atoms with van der Waals surface area (Å²) in [6.07, 6.45) is 2.38. The number of anilines is 1. The van der Waals surface area contributed by atoms with Crippen LogP contribution < -0.4 is 5.32 Å². The Kier molecular flexibility index (Phi) is 4.75. The minimum absolute atomic E-state index is 0.250. The summed E-state index contributed by atoms with van der Waals surface area (Å²) in [5, 5.41) is 31.1. The smallest absolute Gasteiger partial charge is 0.203 e. The van der Waals surface area contributed by atoms with Crippen LogP contribution in [0.25, 0.3) is 5.65 Å². The summed E-state index contributed by atoms with van der Waals surface area (Å²) >= 11 is 1.45. The van der Waals surface area contributed by atoms with Crippen molar-refractivity contribution in [3.8, 4) is 0 Å². The molecular formula is C17H18FN5O2S. The summed E-state index contributed by atoms with van der Waals surface area (Å²) in [7, 11) is 0. The summed E-state index contributed by atoms with van der Waals surface area (Å²) in [6, 6.07) is 6.49. The lowest BCUT2D eigenvalue weighted by Crippen LogP contribution is -2.25. The summed E-state index contributed by atoms with van der Waals surface area (Å²) in [5.74, 6) is 1.37. The first kappa shape index (κ1) is 17.2. The number of aromatic nitrogens is 4. The fraction of sp³-hybridized carbons (Fsp3) is 0.353. The van der Waals surface area contributed by atoms with E-state index in [0.717, 1.165) is 5.56 Å². The van der Waals surface area contributed by atoms with E-state index in [9.17, 15) is 14.6 Å². The van der Waals surface area contributed by atoms with Crippen molar-refractivity contribution >= 4 is 23.2 Å². The van der Waals surface area contributed by atoms with Crippen molar-refractivity contribution in [3.05, 3.63) is 53.9 Å². The van der Waals surface area contributed by atoms with Crippen LogP contribution in [0.4, 0.5) is 10.2 Å². The second-order valence-electron chi connectivity index (χ2n) is 6.15. The molecule has 9 heteroatoms. The molecule has 0 radical (unpaired) electrons. The molecule has 1 aliphatic rings. The van der Waals surface area contributed by atoms with E-state index >= 15 is 0 Å². The third-order valence-corrected chi connectivity index (χ3v) is 5.74. The Morgan fingerprint density at radius 2 is 2.19 bits per heavy atom. The lowest BCUT2D eigenvalue weighted by Gasteiger charge is -2.13. The van der Waals surface area contributed by atoms with Gasteiger partial charge in [-0.2, -0.15) is 0 Å². The van der Waals surface area contributed by atoms with Crippen LogP contribution in [0.2, 0.25) is 0 Å². The van der Waals surface area contributed by atoms with Gasteiger partial charge in [0.2, 0.25) is 5.65 Å². The maximum absolute atomic E-state index is 13.2. The van der Waals surface area contributed by atoms with Crippen molar-refractivity contribution in [2.75, 3.05) is 17.6 Å². The van der Waals surface area contributed by atoms with Crippen LogP contribution in [0.1, 0.15) is 16.6 Å². The molecular weight excluding hydrogens is 357 g/mol. The minimum atomic E-state index is -0.870. The van der Waals surface area contributed by atoms with Gasteiger partial charge in [0, 0.05) is 24.7 Å². The van der Waals surface area contributed by atoms with Crippen molar-refractivity contribution in [1.82, 2.24) is 19.6 Å². The zero-order chi connectivity index (χ0) is 18.1. The van der Waals surface area contributed by atoms with Crippen molar-refractivity contribution in [3.63, 3.8) is 0 Å². The van der Waals surface area contributed by atoms with E-state index in [0.29, 0.717) is 36.0 Å². The van der Waals surface area contributed by atoms with Crippen LogP contribution in [0.5, 0.6) is 0 Å². The molecule has 1 saturated heterocycles. The molecule has 0 saturated carbocycles. The number of benzene rings is 1. The molecule has 3 aromatic rings. The molecule has 3 N–H and O–H groups in total. The molecule has 3 atom stereocenters. The van der Waals surface area contributed by atoms with E-state index in [1.54, 1.807) is 22.9 Å². The number of nitrogens with one attached hydrogen (secondary N) is 1. The lowest BCUT2D eigenvalue weighted by molar-refractivity contribution is 0.0404. The number of nitrogens with zero attached hydrogens (tertiary/aromatic N) is 4. The van der Waals surface area contributed by atoms with E-state index < -0.39 is 12.2 Å². The average molecular weight is 375 g/mol. The minimum Gasteiger partial charge on any atom is -0.390 e. The first-order chi connectivity index (χ1) is 12.6. The maximum Gasteiger partial charge on any atom is 0.203 e. The largest absolute Gasteiger partial charge is 0.390 e. The van der Waals surface area contributed by atoms with Gasteiger partial charge in [-0.15, -0.1) is 22.0 Å². The van der Waals surface area contributed by atoms with Crippen molar-refractivity contribution in [2.24, 2.45) is 0 Å². The van der Waals surface area contributed by atoms with E-state index in [4.69, 9.17) is 0 Å². The number of thioether (sulfide) groups is 1. The Morgan fingerprint density at radius 1 is 1.31 bits per heavy atom. The number of hydrogen-bond acceptors (Lipinski definition) is 7. The topological polar surface area (TPSA) is 95.6 Å². The fourth-order valence-corrected chi connectivity index (χ4v) is 4.30. The Labute approximate surface area is 153 Å². The van der Waals surface area contributed by atoms with Crippen LogP contribution in [0, 0.1) is 5.82 Å². The van der Waals surface area contributed by atoms with Gasteiger partial charge >= 0.3 is 0 Å². The molecule has 1 fully saturated rings. The van der Waals surface area contributed by atoms with E-state index in [-0.39, 0.29) is 11.1 Å². The van der Waals surface area contributed by atoms with Crippen molar-refractivity contribution in [2.45, 2.75) is 23.9 Å². The van der Waals surface area contributed by atoms with Gasteiger partial charge in [0.15, 0.2) is 11.6 Å². The molecule has 7 nitrogen and oxygen atoms in total. The average Bonchev–Trinajstić information content (AvgIpc) is 3.20. The van der Waals surface area contributed by atoms with Gasteiger partial charge < -0.3 is 15.5 Å². The van der Waals surface area contributed by atoms with Crippen LogP contribution in [0.15, 0.2) is 36.7 Å². The molecule has 0 amide bonds. The summed E-state index contributed by atoms with van der Waals surface area (Å²) in [4.78, 5) is 4.30. The van der Waals surface area contributed by atoms with E-state index in [1.807, 2.05) is 6.07 Å². The second kappa shape index (κ2) is 7.18. The highest BCUT2D eigenvalue weighted by molar-refractivity contribution is 7.99. The Morgan fingerprint density at radius 3 is 2.96 bits per heavy atom. The third kappa shape index (κ3) is 3.25. The molecule has 2 aromatic heterocycles. The van der Waals surface area contributed by atoms with E-state index in [1.165, 1.54) is 23.9 Å². The third-order valence-electron chi connectivity index (χ3n) is 4.35. The zero-order valence-electron chi connectivity index (χ0n) is 13.8. The van der Waals surface area contributed by atoms with E-state index in [2.05, 4.69) is 20.5 Å². The molecule has 3 heterocycles. The Bertz CT molecular complexity index is 921. The summed E-state index contributed by atoms with van der Waals surface area (Å²) < 4.78 is 15.0. The van der Waals surface area contributed by atoms with Crippen LogP contribution in [-0.4, -0.2) is 54.3 Å². The van der Waals surface area contributed by atoms with Gasteiger partial charge in [-0.05, 0) is 24.1 Å². The monoisotopic (exact) mass is 375 g/mol. The number of hydrogen-bond donors (Lipinski definition) is 3. The Balaban J connectivity index is 1.52. The van der Waals surface area contributed by atoms with Gasteiger partial charge in [0.1, 0.15) is 5.82 Å². The molecule has 0 unspecified atom stereocenters. The molecule has 26 heavy (non-hydrogen) atoms. The van der Waals surface area contributed by atoms with Crippen molar-refractivity contribution in [1.29, 1.82) is 0 Å². The molecule has 0 bridgehead atoms. The lowest BCUT2D eigenvalue weighted by atomic mass is 10.1. The molecule has 136 valence electrons. The van der Waals surface area contributed by atoms with Gasteiger partial charge in [0.25, 0.3) is 0 Å². The second-order valence-corrected chi connectivity index (χ2v) is 7.32. The van der Waals surface area contributed by atoms with Gasteiger partial charge in [0.05, 0.1) is 17.5 Å². The number of aliphatic hydroxyl groups excluding tert-OH is 2. The molecule has 0 aliphatic carbocycles. The first-order valence-electron chi connectivity index (χ1n) is 8.29. The normalized spacial score (nSPS) is 22.8. The highest BCUT2D eigenvalue weighted by atomic mass is 32.2. The molecule has 1 aliphatic heterocycles. The highest BCUT2D eigenvalue weighted by Gasteiger charge is 2.38. The summed E-state index contributed by atoms with van der Waals surface area (Å²) in [5.41, 5.74) is 1.45. The quantitative estimate of drug-likeness (QED) is 0.621. The predicted molar refractivity (Wildman–Crippen MR) is 96.6 cm³/mol. The van der Waals surface area contributed by atoms with Gasteiger partial charge in [-0.25, -0.2) is 9.37 Å². The van der Waals surface area contributed by atoms with Gasteiger partial charge in [-0.3, -0.25) is 4.40 Å². The van der Waals surface area contributed by atoms with Crippen LogP contribution in [-0.2, 0) is 6.42 Å². The number of aliphatic hydroxyl groups is 2. The Hall–Kier alpha value is -2.23. The first-order valence-corrected chi connectivity index (χ1v) is 9.34. The standard InChI is InChI=1S/C17H18FN5O2S/c18-11-3-1-2-10(8-11)4-5-19-15-17-22-21-16(23(17)7-6-20-15)14-13(25)12(24)9-26-14/h1-3,6-8,12-14,24-25H,4-5,9H2,(H,19,20)/t12-,13-,14-/m1/s1. The molecule has 4 rings (SSSR count). The maximum atomic E-state index is 13.2. The highest BCUT2D eigenvalue weighted by Crippen LogP contribution is 2.39. The van der Waals surface area contributed by atoms with Crippen LogP contribution in [0.3, 0.4) is 0 Å². The molecule has 1 aromatic carbocycles. The zero-order valence-corrected chi connectivity index (χ0v) is 14.6. The van der Waals surface area contributed by atoms with Gasteiger partial charge in [-0.1, -0.05) is 12.1 Å².